The zero-order valence-corrected chi connectivity index (χ0v) is 8.90. The summed E-state index contributed by atoms with van der Waals surface area (Å²) in [6.45, 7) is -0.311. The Morgan fingerprint density at radius 1 is 1.54 bits per heavy atom. The topological polar surface area (TPSA) is 69.9 Å². The third-order valence-corrected chi connectivity index (χ3v) is 1.90. The molecule has 0 spiro atoms. The van der Waals surface area contributed by atoms with Crippen molar-refractivity contribution in [3.8, 4) is 0 Å². The van der Waals surface area contributed by atoms with E-state index in [2.05, 4.69) is 15.9 Å². The van der Waals surface area contributed by atoms with Crippen LogP contribution in [-0.2, 0) is 4.74 Å². The molecule has 0 saturated heterocycles. The van der Waals surface area contributed by atoms with Gasteiger partial charge in [-0.25, -0.2) is 0 Å². The van der Waals surface area contributed by atoms with Crippen molar-refractivity contribution in [2.24, 2.45) is 0 Å². The molecule has 0 aliphatic rings. The summed E-state index contributed by atoms with van der Waals surface area (Å²) < 4.78 is 4.81. The van der Waals surface area contributed by atoms with E-state index in [1.54, 1.807) is 0 Å². The third kappa shape index (κ3) is 8.08. The van der Waals surface area contributed by atoms with Gasteiger partial charge in [0.1, 0.15) is 19.5 Å². The average molecular weight is 255 g/mol. The number of hydrogen-bond donors (Lipinski definition) is 3. The fourth-order valence-corrected chi connectivity index (χ4v) is 1.01. The molecule has 0 aromatic carbocycles. The smallest absolute Gasteiger partial charge is 0.152 e. The SMILES string of the molecule is OC/C(O)=C/OCC(O)CCCBr. The van der Waals surface area contributed by atoms with Gasteiger partial charge < -0.3 is 20.1 Å². The molecule has 0 aromatic heterocycles. The van der Waals surface area contributed by atoms with E-state index in [9.17, 15) is 5.11 Å². The molecule has 78 valence electrons. The number of aliphatic hydroxyl groups is 3. The zero-order chi connectivity index (χ0) is 10.1. The van der Waals surface area contributed by atoms with Gasteiger partial charge >= 0.3 is 0 Å². The van der Waals surface area contributed by atoms with Crippen molar-refractivity contribution in [2.75, 3.05) is 18.5 Å². The Morgan fingerprint density at radius 2 is 2.23 bits per heavy atom. The Kier molecular flexibility index (Phi) is 8.18. The van der Waals surface area contributed by atoms with Crippen LogP contribution in [0, 0.1) is 0 Å². The second kappa shape index (κ2) is 8.34. The van der Waals surface area contributed by atoms with Crippen LogP contribution in [0.25, 0.3) is 0 Å². The Morgan fingerprint density at radius 3 is 2.77 bits per heavy atom. The van der Waals surface area contributed by atoms with E-state index in [1.807, 2.05) is 0 Å². The van der Waals surface area contributed by atoms with Gasteiger partial charge in [0.25, 0.3) is 0 Å². The van der Waals surface area contributed by atoms with Gasteiger partial charge in [0.15, 0.2) is 5.76 Å². The molecule has 0 heterocycles. The first-order chi connectivity index (χ1) is 6.20. The Bertz CT molecular complexity index is 149. The molecule has 0 aromatic rings. The van der Waals surface area contributed by atoms with Gasteiger partial charge in [-0.05, 0) is 12.8 Å². The van der Waals surface area contributed by atoms with Gasteiger partial charge in [0, 0.05) is 5.33 Å². The summed E-state index contributed by atoms with van der Waals surface area (Å²) in [6.07, 6.45) is 2.04. The lowest BCUT2D eigenvalue weighted by atomic mass is 10.2. The maximum atomic E-state index is 9.25. The Labute approximate surface area is 86.0 Å². The Hall–Kier alpha value is -0.260. The minimum Gasteiger partial charge on any atom is -0.507 e. The fraction of sp³-hybridized carbons (Fsp3) is 0.750. The number of ether oxygens (including phenoxy) is 1. The number of hydrogen-bond acceptors (Lipinski definition) is 4. The van der Waals surface area contributed by atoms with Crippen LogP contribution in [0.2, 0.25) is 0 Å². The molecule has 0 rings (SSSR count). The lowest BCUT2D eigenvalue weighted by Gasteiger charge is -2.08. The highest BCUT2D eigenvalue weighted by molar-refractivity contribution is 9.09. The van der Waals surface area contributed by atoms with Gasteiger partial charge in [0.2, 0.25) is 0 Å². The normalized spacial score (nSPS) is 14.2. The van der Waals surface area contributed by atoms with Crippen LogP contribution in [0.15, 0.2) is 12.0 Å². The molecular formula is C8H15BrO4. The minimum atomic E-state index is -0.528. The van der Waals surface area contributed by atoms with E-state index >= 15 is 0 Å². The molecule has 0 bridgehead atoms. The number of aliphatic hydroxyl groups excluding tert-OH is 3. The highest BCUT2D eigenvalue weighted by Gasteiger charge is 2.02. The summed E-state index contributed by atoms with van der Waals surface area (Å²) in [4.78, 5) is 0. The number of rotatable bonds is 7. The van der Waals surface area contributed by atoms with E-state index in [-0.39, 0.29) is 12.4 Å². The molecule has 0 amide bonds. The molecule has 0 fully saturated rings. The average Bonchev–Trinajstić information content (AvgIpc) is 2.14. The highest BCUT2D eigenvalue weighted by atomic mass is 79.9. The van der Waals surface area contributed by atoms with Crippen molar-refractivity contribution in [1.82, 2.24) is 0 Å². The predicted molar refractivity (Wildman–Crippen MR) is 52.8 cm³/mol. The predicted octanol–water partition coefficient (Wildman–Crippen LogP) is 0.931. The van der Waals surface area contributed by atoms with Crippen molar-refractivity contribution in [2.45, 2.75) is 18.9 Å². The van der Waals surface area contributed by atoms with E-state index in [0.717, 1.165) is 18.0 Å². The lowest BCUT2D eigenvalue weighted by molar-refractivity contribution is 0.0725. The summed E-state index contributed by atoms with van der Waals surface area (Å²) in [5, 5.41) is 27.2. The molecule has 0 aliphatic heterocycles. The fourth-order valence-electron chi connectivity index (χ4n) is 0.689. The van der Waals surface area contributed by atoms with E-state index in [4.69, 9.17) is 14.9 Å². The molecule has 0 aliphatic carbocycles. The van der Waals surface area contributed by atoms with E-state index in [0.29, 0.717) is 6.42 Å². The van der Waals surface area contributed by atoms with Gasteiger partial charge in [-0.3, -0.25) is 0 Å². The first kappa shape index (κ1) is 12.7. The first-order valence-corrected chi connectivity index (χ1v) is 5.17. The van der Waals surface area contributed by atoms with Gasteiger partial charge in [0.05, 0.1) is 6.10 Å². The van der Waals surface area contributed by atoms with Crippen LogP contribution in [0.3, 0.4) is 0 Å². The highest BCUT2D eigenvalue weighted by Crippen LogP contribution is 2.00. The third-order valence-electron chi connectivity index (χ3n) is 1.34. The molecular weight excluding hydrogens is 240 g/mol. The monoisotopic (exact) mass is 254 g/mol. The van der Waals surface area contributed by atoms with Crippen LogP contribution in [-0.4, -0.2) is 40.0 Å². The summed E-state index contributed by atoms with van der Waals surface area (Å²) in [7, 11) is 0. The van der Waals surface area contributed by atoms with Crippen LogP contribution in [0.1, 0.15) is 12.8 Å². The van der Waals surface area contributed by atoms with Gasteiger partial charge in [-0.2, -0.15) is 0 Å². The standard InChI is InChI=1S/C8H15BrO4/c9-3-1-2-7(11)5-13-6-8(12)4-10/h6-7,10-12H,1-5H2/b8-6-. The Balaban J connectivity index is 3.41. The summed E-state index contributed by atoms with van der Waals surface area (Å²) in [5.74, 6) is -0.243. The van der Waals surface area contributed by atoms with Crippen molar-refractivity contribution in [3.63, 3.8) is 0 Å². The molecule has 5 heteroatoms. The summed E-state index contributed by atoms with van der Waals surface area (Å²) in [6, 6.07) is 0. The van der Waals surface area contributed by atoms with Crippen LogP contribution in [0.4, 0.5) is 0 Å². The summed E-state index contributed by atoms with van der Waals surface area (Å²) in [5.41, 5.74) is 0. The van der Waals surface area contributed by atoms with Crippen LogP contribution >= 0.6 is 15.9 Å². The number of halogens is 1. The first-order valence-electron chi connectivity index (χ1n) is 4.05. The molecule has 0 saturated carbocycles. The molecule has 1 atom stereocenters. The van der Waals surface area contributed by atoms with E-state index < -0.39 is 12.7 Å². The molecule has 3 N–H and O–H groups in total. The minimum absolute atomic E-state index is 0.136. The second-order valence-corrected chi connectivity index (χ2v) is 3.38. The van der Waals surface area contributed by atoms with Crippen molar-refractivity contribution >= 4 is 15.9 Å². The van der Waals surface area contributed by atoms with E-state index in [1.165, 1.54) is 0 Å². The van der Waals surface area contributed by atoms with Gasteiger partial charge in [-0.1, -0.05) is 15.9 Å². The van der Waals surface area contributed by atoms with Crippen LogP contribution in [0.5, 0.6) is 0 Å². The van der Waals surface area contributed by atoms with Crippen molar-refractivity contribution < 1.29 is 20.1 Å². The maximum absolute atomic E-state index is 9.25. The van der Waals surface area contributed by atoms with Crippen molar-refractivity contribution in [3.05, 3.63) is 12.0 Å². The molecule has 4 nitrogen and oxygen atoms in total. The zero-order valence-electron chi connectivity index (χ0n) is 7.32. The lowest BCUT2D eigenvalue weighted by Crippen LogP contribution is -2.13. The molecule has 13 heavy (non-hydrogen) atoms. The molecule has 1 unspecified atom stereocenters. The number of alkyl halides is 1. The van der Waals surface area contributed by atoms with Crippen molar-refractivity contribution in [1.29, 1.82) is 0 Å². The van der Waals surface area contributed by atoms with Crippen LogP contribution < -0.4 is 0 Å². The second-order valence-electron chi connectivity index (χ2n) is 2.59. The van der Waals surface area contributed by atoms with Gasteiger partial charge in [-0.15, -0.1) is 0 Å². The largest absolute Gasteiger partial charge is 0.507 e. The maximum Gasteiger partial charge on any atom is 0.152 e. The quantitative estimate of drug-likeness (QED) is 0.467. The molecule has 0 radical (unpaired) electrons. The summed E-state index contributed by atoms with van der Waals surface area (Å²) >= 11 is 3.24.